The maximum atomic E-state index is 12.3. The fourth-order valence-electron chi connectivity index (χ4n) is 1.99. The fraction of sp³-hybridized carbons (Fsp3) is 0.500. The summed E-state index contributed by atoms with van der Waals surface area (Å²) in [5, 5.41) is 0.790. The van der Waals surface area contributed by atoms with Crippen molar-refractivity contribution in [2.24, 2.45) is 0 Å². The molecule has 5 heteroatoms. The molecule has 17 heavy (non-hydrogen) atoms. The van der Waals surface area contributed by atoms with Gasteiger partial charge in [-0.2, -0.15) is 0 Å². The molecule has 0 radical (unpaired) electrons. The Morgan fingerprint density at radius 3 is 3.12 bits per heavy atom. The molecule has 2 rings (SSSR count). The minimum absolute atomic E-state index is 0.0574. The molecule has 0 saturated carbocycles. The molecular formula is C12H16N2O2S. The Morgan fingerprint density at radius 1 is 1.65 bits per heavy atom. The van der Waals surface area contributed by atoms with E-state index in [1.165, 1.54) is 11.8 Å². The summed E-state index contributed by atoms with van der Waals surface area (Å²) in [6, 6.07) is 3.64. The molecule has 1 amide bonds. The first-order valence-electron chi connectivity index (χ1n) is 5.57. The Balaban J connectivity index is 2.15. The Labute approximate surface area is 105 Å². The highest BCUT2D eigenvalue weighted by molar-refractivity contribution is 7.98. The molecule has 0 aliphatic carbocycles. The lowest BCUT2D eigenvalue weighted by Gasteiger charge is -2.17. The number of methoxy groups -OCH3 is 1. The standard InChI is InChI=1S/C12H16N2O2S/c1-16-9-5-7-14(8-9)12(15)10-4-3-6-13-11(10)17-2/h3-4,6,9H,5,7-8H2,1-2H3/t9-/m0/s1. The number of hydrogen-bond donors (Lipinski definition) is 0. The minimum Gasteiger partial charge on any atom is -0.380 e. The van der Waals surface area contributed by atoms with E-state index in [2.05, 4.69) is 4.98 Å². The van der Waals surface area contributed by atoms with E-state index in [1.54, 1.807) is 19.4 Å². The third-order valence-electron chi connectivity index (χ3n) is 2.96. The maximum Gasteiger partial charge on any atom is 0.256 e. The number of ether oxygens (including phenoxy) is 1. The molecule has 1 aromatic rings. The third-order valence-corrected chi connectivity index (χ3v) is 3.67. The topological polar surface area (TPSA) is 42.4 Å². The van der Waals surface area contributed by atoms with Crippen LogP contribution < -0.4 is 0 Å². The molecule has 1 fully saturated rings. The van der Waals surface area contributed by atoms with Gasteiger partial charge in [-0.1, -0.05) is 0 Å². The Kier molecular flexibility index (Phi) is 4.02. The van der Waals surface area contributed by atoms with E-state index < -0.39 is 0 Å². The number of nitrogens with zero attached hydrogens (tertiary/aromatic N) is 2. The second-order valence-corrected chi connectivity index (χ2v) is 4.75. The molecular weight excluding hydrogens is 236 g/mol. The van der Waals surface area contributed by atoms with Crippen molar-refractivity contribution in [3.63, 3.8) is 0 Å². The lowest BCUT2D eigenvalue weighted by molar-refractivity contribution is 0.0720. The van der Waals surface area contributed by atoms with E-state index in [0.29, 0.717) is 12.1 Å². The number of rotatable bonds is 3. The summed E-state index contributed by atoms with van der Waals surface area (Å²) in [5.41, 5.74) is 0.691. The summed E-state index contributed by atoms with van der Waals surface area (Å²) in [6.45, 7) is 1.44. The van der Waals surface area contributed by atoms with Crippen molar-refractivity contribution in [1.29, 1.82) is 0 Å². The van der Waals surface area contributed by atoms with Gasteiger partial charge >= 0.3 is 0 Å². The molecule has 0 N–H and O–H groups in total. The first kappa shape index (κ1) is 12.4. The van der Waals surface area contributed by atoms with E-state index >= 15 is 0 Å². The van der Waals surface area contributed by atoms with Gasteiger partial charge in [0.2, 0.25) is 0 Å². The zero-order chi connectivity index (χ0) is 12.3. The van der Waals surface area contributed by atoms with Crippen LogP contribution in [0.5, 0.6) is 0 Å². The lowest BCUT2D eigenvalue weighted by atomic mass is 10.2. The van der Waals surface area contributed by atoms with E-state index in [4.69, 9.17) is 4.74 Å². The molecule has 2 heterocycles. The zero-order valence-corrected chi connectivity index (χ0v) is 10.9. The summed E-state index contributed by atoms with van der Waals surface area (Å²) >= 11 is 1.50. The summed E-state index contributed by atoms with van der Waals surface area (Å²) in [4.78, 5) is 18.4. The smallest absolute Gasteiger partial charge is 0.256 e. The van der Waals surface area contributed by atoms with Gasteiger partial charge in [0.25, 0.3) is 5.91 Å². The maximum absolute atomic E-state index is 12.3. The third kappa shape index (κ3) is 2.61. The first-order chi connectivity index (χ1) is 8.26. The Bertz CT molecular complexity index is 411. The van der Waals surface area contributed by atoms with E-state index in [-0.39, 0.29) is 12.0 Å². The van der Waals surface area contributed by atoms with Gasteiger partial charge in [-0.05, 0) is 24.8 Å². The normalized spacial score (nSPS) is 19.6. The molecule has 0 unspecified atom stereocenters. The van der Waals surface area contributed by atoms with Crippen molar-refractivity contribution in [2.45, 2.75) is 17.6 Å². The molecule has 0 aromatic carbocycles. The number of carbonyl (C=O) groups excluding carboxylic acids is 1. The van der Waals surface area contributed by atoms with Gasteiger partial charge in [-0.25, -0.2) is 4.98 Å². The van der Waals surface area contributed by atoms with Crippen LogP contribution in [0.15, 0.2) is 23.4 Å². The monoisotopic (exact) mass is 252 g/mol. The first-order valence-corrected chi connectivity index (χ1v) is 6.79. The highest BCUT2D eigenvalue weighted by Gasteiger charge is 2.27. The van der Waals surface area contributed by atoms with Crippen LogP contribution in [-0.2, 0) is 4.74 Å². The highest BCUT2D eigenvalue weighted by Crippen LogP contribution is 2.21. The number of thioether (sulfide) groups is 1. The van der Waals surface area contributed by atoms with Crippen LogP contribution in [0.2, 0.25) is 0 Å². The van der Waals surface area contributed by atoms with Crippen molar-refractivity contribution < 1.29 is 9.53 Å². The molecule has 4 nitrogen and oxygen atoms in total. The van der Waals surface area contributed by atoms with Crippen LogP contribution in [0.4, 0.5) is 0 Å². The van der Waals surface area contributed by atoms with Crippen LogP contribution in [0, 0.1) is 0 Å². The molecule has 0 spiro atoms. The van der Waals surface area contributed by atoms with E-state index in [9.17, 15) is 4.79 Å². The summed E-state index contributed by atoms with van der Waals surface area (Å²) in [5.74, 6) is 0.0574. The average molecular weight is 252 g/mol. The predicted molar refractivity (Wildman–Crippen MR) is 67.3 cm³/mol. The summed E-state index contributed by atoms with van der Waals surface area (Å²) in [7, 11) is 1.69. The van der Waals surface area contributed by atoms with Gasteiger partial charge < -0.3 is 9.64 Å². The van der Waals surface area contributed by atoms with Gasteiger partial charge in [0.1, 0.15) is 5.03 Å². The molecule has 1 aliphatic heterocycles. The largest absolute Gasteiger partial charge is 0.380 e. The second-order valence-electron chi connectivity index (χ2n) is 3.96. The zero-order valence-electron chi connectivity index (χ0n) is 10.0. The number of pyridine rings is 1. The van der Waals surface area contributed by atoms with Crippen LogP contribution in [-0.4, -0.2) is 48.4 Å². The number of likely N-dealkylation sites (tertiary alicyclic amines) is 1. The molecule has 1 atom stereocenters. The SMILES string of the molecule is CO[C@H]1CCN(C(=O)c2cccnc2SC)C1. The Morgan fingerprint density at radius 2 is 2.47 bits per heavy atom. The molecule has 92 valence electrons. The Hall–Kier alpha value is -1.07. The summed E-state index contributed by atoms with van der Waals surface area (Å²) < 4.78 is 5.27. The van der Waals surface area contributed by atoms with Crippen LogP contribution in [0.1, 0.15) is 16.8 Å². The quantitative estimate of drug-likeness (QED) is 0.767. The van der Waals surface area contributed by atoms with Crippen molar-refractivity contribution in [3.05, 3.63) is 23.9 Å². The summed E-state index contributed by atoms with van der Waals surface area (Å²) in [6.07, 6.45) is 4.73. The van der Waals surface area contributed by atoms with Crippen molar-refractivity contribution >= 4 is 17.7 Å². The fourth-order valence-corrected chi connectivity index (χ4v) is 2.53. The van der Waals surface area contributed by atoms with Crippen LogP contribution >= 0.6 is 11.8 Å². The number of hydrogen-bond acceptors (Lipinski definition) is 4. The van der Waals surface area contributed by atoms with Gasteiger partial charge in [0.15, 0.2) is 0 Å². The number of amides is 1. The van der Waals surface area contributed by atoms with Crippen molar-refractivity contribution in [2.75, 3.05) is 26.5 Å². The van der Waals surface area contributed by atoms with Gasteiger partial charge in [0, 0.05) is 26.4 Å². The number of carbonyl (C=O) groups is 1. The van der Waals surface area contributed by atoms with Crippen molar-refractivity contribution in [3.8, 4) is 0 Å². The molecule has 1 saturated heterocycles. The van der Waals surface area contributed by atoms with E-state index in [0.717, 1.165) is 18.0 Å². The predicted octanol–water partition coefficient (Wildman–Crippen LogP) is 1.66. The minimum atomic E-state index is 0.0574. The van der Waals surface area contributed by atoms with Crippen LogP contribution in [0.25, 0.3) is 0 Å². The van der Waals surface area contributed by atoms with Gasteiger partial charge in [-0.15, -0.1) is 11.8 Å². The number of aromatic nitrogens is 1. The van der Waals surface area contributed by atoms with Gasteiger partial charge in [0.05, 0.1) is 11.7 Å². The highest BCUT2D eigenvalue weighted by atomic mass is 32.2. The van der Waals surface area contributed by atoms with Crippen LogP contribution in [0.3, 0.4) is 0 Å². The molecule has 1 aromatic heterocycles. The van der Waals surface area contributed by atoms with E-state index in [1.807, 2.05) is 17.2 Å². The van der Waals surface area contributed by atoms with Gasteiger partial charge in [-0.3, -0.25) is 4.79 Å². The second kappa shape index (κ2) is 5.51. The average Bonchev–Trinajstić information content (AvgIpc) is 2.86. The van der Waals surface area contributed by atoms with Crippen molar-refractivity contribution in [1.82, 2.24) is 9.88 Å². The molecule has 1 aliphatic rings. The molecule has 0 bridgehead atoms. The lowest BCUT2D eigenvalue weighted by Crippen LogP contribution is -2.30.